The molecule has 34 heavy (non-hydrogen) atoms. The number of rotatable bonds is 4. The topological polar surface area (TPSA) is 82.6 Å². The zero-order valence-corrected chi connectivity index (χ0v) is 18.7. The van der Waals surface area contributed by atoms with Gasteiger partial charge in [0.25, 0.3) is 5.91 Å². The Balaban J connectivity index is 1.25. The number of amides is 3. The van der Waals surface area contributed by atoms with Gasteiger partial charge >= 0.3 is 0 Å². The highest BCUT2D eigenvalue weighted by Gasteiger charge is 2.40. The maximum Gasteiger partial charge on any atom is 0.255 e. The second-order valence-electron chi connectivity index (χ2n) is 9.16. The molecule has 3 amide bonds. The maximum absolute atomic E-state index is 15.1. The van der Waals surface area contributed by atoms with Gasteiger partial charge in [-0.15, -0.1) is 6.42 Å². The zero-order valence-electron chi connectivity index (χ0n) is 18.7. The van der Waals surface area contributed by atoms with Crippen molar-refractivity contribution in [3.8, 4) is 12.3 Å². The Morgan fingerprint density at radius 1 is 1.15 bits per heavy atom. The fourth-order valence-corrected chi connectivity index (χ4v) is 5.16. The summed E-state index contributed by atoms with van der Waals surface area (Å²) < 4.78 is 15.1. The molecule has 4 heterocycles. The molecule has 3 aliphatic heterocycles. The van der Waals surface area contributed by atoms with Crippen molar-refractivity contribution >= 4 is 17.7 Å². The van der Waals surface area contributed by atoms with E-state index in [1.54, 1.807) is 12.3 Å². The molecule has 7 nitrogen and oxygen atoms in total. The highest BCUT2D eigenvalue weighted by molar-refractivity contribution is 6.05. The smallest absolute Gasteiger partial charge is 0.255 e. The van der Waals surface area contributed by atoms with Crippen molar-refractivity contribution in [1.82, 2.24) is 20.1 Å². The summed E-state index contributed by atoms with van der Waals surface area (Å²) in [4.78, 5) is 44.8. The summed E-state index contributed by atoms with van der Waals surface area (Å²) in [7, 11) is 0. The van der Waals surface area contributed by atoms with E-state index in [4.69, 9.17) is 6.42 Å². The van der Waals surface area contributed by atoms with E-state index in [0.717, 1.165) is 49.3 Å². The lowest BCUT2D eigenvalue weighted by atomic mass is 9.87. The normalized spacial score (nSPS) is 21.4. The lowest BCUT2D eigenvalue weighted by Crippen LogP contribution is -2.52. The Morgan fingerprint density at radius 2 is 1.94 bits per heavy atom. The van der Waals surface area contributed by atoms with Gasteiger partial charge in [-0.1, -0.05) is 12.0 Å². The summed E-state index contributed by atoms with van der Waals surface area (Å²) in [6.45, 7) is 2.62. The molecule has 0 saturated carbocycles. The first-order chi connectivity index (χ1) is 16.4. The molecule has 1 unspecified atom stereocenters. The molecule has 1 aromatic heterocycles. The van der Waals surface area contributed by atoms with Crippen LogP contribution in [0, 0.1) is 18.2 Å². The average Bonchev–Trinajstić information content (AvgIpc) is 3.15. The Bertz CT molecular complexity index is 1200. The third kappa shape index (κ3) is 4.19. The molecule has 3 aliphatic rings. The zero-order chi connectivity index (χ0) is 23.8. The van der Waals surface area contributed by atoms with E-state index in [1.165, 1.54) is 11.0 Å². The number of likely N-dealkylation sites (tertiary alicyclic amines) is 1. The van der Waals surface area contributed by atoms with Crippen LogP contribution >= 0.6 is 0 Å². The number of aromatic nitrogens is 1. The van der Waals surface area contributed by atoms with Crippen molar-refractivity contribution in [2.75, 3.05) is 13.1 Å². The van der Waals surface area contributed by atoms with Gasteiger partial charge in [0, 0.05) is 36.8 Å². The number of nitrogens with one attached hydrogen (secondary N) is 1. The molecule has 5 rings (SSSR count). The highest BCUT2D eigenvalue weighted by Crippen LogP contribution is 2.35. The van der Waals surface area contributed by atoms with E-state index in [2.05, 4.69) is 21.1 Å². The quantitative estimate of drug-likeness (QED) is 0.560. The van der Waals surface area contributed by atoms with E-state index in [0.29, 0.717) is 17.5 Å². The van der Waals surface area contributed by atoms with E-state index in [1.807, 2.05) is 12.1 Å². The molecule has 0 radical (unpaired) electrons. The van der Waals surface area contributed by atoms with Crippen molar-refractivity contribution in [2.24, 2.45) is 0 Å². The second-order valence-corrected chi connectivity index (χ2v) is 9.16. The minimum atomic E-state index is -0.698. The van der Waals surface area contributed by atoms with Crippen LogP contribution in [-0.2, 0) is 22.7 Å². The summed E-state index contributed by atoms with van der Waals surface area (Å²) in [5.74, 6) is 1.11. The third-order valence-electron chi connectivity index (χ3n) is 7.05. The summed E-state index contributed by atoms with van der Waals surface area (Å²) in [6, 6.07) is 6.24. The van der Waals surface area contributed by atoms with Crippen molar-refractivity contribution in [3.05, 3.63) is 64.2 Å². The van der Waals surface area contributed by atoms with Gasteiger partial charge in [-0.05, 0) is 67.6 Å². The molecule has 0 bridgehead atoms. The fourth-order valence-electron chi connectivity index (χ4n) is 5.16. The highest BCUT2D eigenvalue weighted by atomic mass is 19.1. The van der Waals surface area contributed by atoms with E-state index in [-0.39, 0.29) is 36.5 Å². The monoisotopic (exact) mass is 460 g/mol. The van der Waals surface area contributed by atoms with Crippen LogP contribution in [0.1, 0.15) is 64.3 Å². The van der Waals surface area contributed by atoms with Gasteiger partial charge < -0.3 is 4.90 Å². The molecule has 174 valence electrons. The predicted octanol–water partition coefficient (Wildman–Crippen LogP) is 2.34. The van der Waals surface area contributed by atoms with E-state index < -0.39 is 11.9 Å². The number of nitrogens with zero attached hydrogens (tertiary/aromatic N) is 3. The number of carbonyl (C=O) groups excluding carboxylic acids is 3. The first-order valence-corrected chi connectivity index (χ1v) is 11.5. The van der Waals surface area contributed by atoms with Crippen LogP contribution in [0.3, 0.4) is 0 Å². The van der Waals surface area contributed by atoms with Crippen LogP contribution in [0.2, 0.25) is 0 Å². The molecule has 8 heteroatoms. The second kappa shape index (κ2) is 8.99. The van der Waals surface area contributed by atoms with Gasteiger partial charge in [-0.2, -0.15) is 0 Å². The number of terminal acetylenes is 1. The van der Waals surface area contributed by atoms with Crippen molar-refractivity contribution in [1.29, 1.82) is 0 Å². The number of pyridine rings is 1. The molecule has 0 aliphatic carbocycles. The third-order valence-corrected chi connectivity index (χ3v) is 7.05. The summed E-state index contributed by atoms with van der Waals surface area (Å²) >= 11 is 0. The van der Waals surface area contributed by atoms with Crippen molar-refractivity contribution < 1.29 is 18.8 Å². The summed E-state index contributed by atoms with van der Waals surface area (Å²) in [6.07, 6.45) is 9.18. The first kappa shape index (κ1) is 22.2. The Kier molecular flexibility index (Phi) is 5.88. The molecule has 2 fully saturated rings. The molecule has 1 aromatic carbocycles. The lowest BCUT2D eigenvalue weighted by molar-refractivity contribution is -0.136. The number of benzene rings is 1. The molecule has 2 aromatic rings. The SMILES string of the molecule is C#Cc1ccc(CN2CCC(c3cc4c(cc3F)C(=O)N(C3CCC(=O)NC3=O)C4)CC2)nc1. The van der Waals surface area contributed by atoms with Crippen LogP contribution in [0.4, 0.5) is 4.39 Å². The van der Waals surface area contributed by atoms with Crippen LogP contribution in [0.5, 0.6) is 0 Å². The lowest BCUT2D eigenvalue weighted by Gasteiger charge is -2.32. The largest absolute Gasteiger partial charge is 0.322 e. The minimum Gasteiger partial charge on any atom is -0.322 e. The van der Waals surface area contributed by atoms with Gasteiger partial charge in [0.15, 0.2) is 0 Å². The molecular weight excluding hydrogens is 435 g/mol. The maximum atomic E-state index is 15.1. The number of hydrogen-bond donors (Lipinski definition) is 1. The molecule has 1 N–H and O–H groups in total. The van der Waals surface area contributed by atoms with E-state index >= 15 is 4.39 Å². The van der Waals surface area contributed by atoms with Crippen LogP contribution < -0.4 is 5.32 Å². The van der Waals surface area contributed by atoms with Crippen LogP contribution in [0.15, 0.2) is 30.5 Å². The first-order valence-electron chi connectivity index (χ1n) is 11.5. The van der Waals surface area contributed by atoms with Gasteiger partial charge in [0.05, 0.1) is 5.69 Å². The number of fused-ring (bicyclic) bond motifs is 1. The fraction of sp³-hybridized carbons (Fsp3) is 0.385. The predicted molar refractivity (Wildman–Crippen MR) is 122 cm³/mol. The Labute approximate surface area is 197 Å². The van der Waals surface area contributed by atoms with Crippen LogP contribution in [-0.4, -0.2) is 51.6 Å². The molecule has 1 atom stereocenters. The van der Waals surface area contributed by atoms with Crippen molar-refractivity contribution in [2.45, 2.75) is 50.7 Å². The summed E-state index contributed by atoms with van der Waals surface area (Å²) in [5.41, 5.74) is 3.39. The van der Waals surface area contributed by atoms with E-state index in [9.17, 15) is 14.4 Å². The number of piperidine rings is 2. The molecule has 0 spiro atoms. The van der Waals surface area contributed by atoms with Gasteiger partial charge in [0.2, 0.25) is 11.8 Å². The molecule has 2 saturated heterocycles. The number of imide groups is 1. The average molecular weight is 461 g/mol. The van der Waals surface area contributed by atoms with Crippen LogP contribution in [0.25, 0.3) is 0 Å². The van der Waals surface area contributed by atoms with Gasteiger partial charge in [-0.25, -0.2) is 4.39 Å². The van der Waals surface area contributed by atoms with Gasteiger partial charge in [-0.3, -0.25) is 29.6 Å². The standard InChI is InChI=1S/C26H25FN4O3/c1-2-16-3-4-19(28-13-16)15-30-9-7-17(8-10-30)20-11-18-14-31(26(34)21(18)12-22(20)27)23-5-6-24(32)29-25(23)33/h1,3-4,11-13,17,23H,5-10,14-15H2,(H,29,32,33). The number of carbonyl (C=O) groups is 3. The summed E-state index contributed by atoms with van der Waals surface area (Å²) in [5, 5.41) is 2.29. The van der Waals surface area contributed by atoms with Gasteiger partial charge in [0.1, 0.15) is 11.9 Å². The number of hydrogen-bond acceptors (Lipinski definition) is 5. The number of halogens is 1. The Morgan fingerprint density at radius 3 is 2.62 bits per heavy atom. The Hall–Kier alpha value is -3.57. The van der Waals surface area contributed by atoms with Crippen molar-refractivity contribution in [3.63, 3.8) is 0 Å². The minimum absolute atomic E-state index is 0.0677. The molecular formula is C26H25FN4O3.